The predicted molar refractivity (Wildman–Crippen MR) is 75.2 cm³/mol. The molecular weight excluding hydrogens is 242 g/mol. The average Bonchev–Trinajstić information content (AvgIpc) is 2.82. The second-order valence-corrected chi connectivity index (χ2v) is 4.37. The number of aromatic amines is 1. The maximum atomic E-state index is 11.8. The number of nitrogens with one attached hydrogen (secondary N) is 2. The lowest BCUT2D eigenvalue weighted by Gasteiger charge is -2.06. The number of H-pyrrole nitrogens is 1. The van der Waals surface area contributed by atoms with E-state index in [1.807, 2.05) is 24.4 Å². The van der Waals surface area contributed by atoms with Gasteiger partial charge in [-0.05, 0) is 30.7 Å². The molecule has 0 aliphatic rings. The summed E-state index contributed by atoms with van der Waals surface area (Å²) in [5.74, 6) is 0.781. The number of methoxy groups -OCH3 is 1. The molecule has 4 N–H and O–H groups in total. The van der Waals surface area contributed by atoms with E-state index in [4.69, 9.17) is 10.5 Å². The van der Waals surface area contributed by atoms with Gasteiger partial charge in [-0.1, -0.05) is 6.07 Å². The van der Waals surface area contributed by atoms with E-state index < -0.39 is 0 Å². The first-order valence-electron chi connectivity index (χ1n) is 6.36. The van der Waals surface area contributed by atoms with E-state index in [1.165, 1.54) is 0 Å². The molecule has 0 fully saturated rings. The SMILES string of the molecule is COc1cccc2[nH]cc(CC(=O)NCCCN)c12. The van der Waals surface area contributed by atoms with Crippen LogP contribution in [0, 0.1) is 0 Å². The molecule has 2 rings (SSSR count). The zero-order valence-corrected chi connectivity index (χ0v) is 11.0. The third-order valence-corrected chi connectivity index (χ3v) is 3.02. The highest BCUT2D eigenvalue weighted by Gasteiger charge is 2.12. The molecule has 5 nitrogen and oxygen atoms in total. The van der Waals surface area contributed by atoms with Crippen LogP contribution in [0.25, 0.3) is 10.9 Å². The number of carbonyl (C=O) groups excluding carboxylic acids is 1. The van der Waals surface area contributed by atoms with Crippen LogP contribution in [-0.4, -0.2) is 31.1 Å². The van der Waals surface area contributed by atoms with E-state index in [2.05, 4.69) is 10.3 Å². The zero-order valence-electron chi connectivity index (χ0n) is 11.0. The number of fused-ring (bicyclic) bond motifs is 1. The summed E-state index contributed by atoms with van der Waals surface area (Å²) in [5, 5.41) is 3.82. The number of rotatable bonds is 6. The Morgan fingerprint density at radius 3 is 3.05 bits per heavy atom. The highest BCUT2D eigenvalue weighted by atomic mass is 16.5. The molecule has 0 saturated heterocycles. The van der Waals surface area contributed by atoms with Gasteiger partial charge in [-0.15, -0.1) is 0 Å². The van der Waals surface area contributed by atoms with Crippen molar-refractivity contribution in [2.24, 2.45) is 5.73 Å². The van der Waals surface area contributed by atoms with Gasteiger partial charge in [0.05, 0.1) is 13.5 Å². The monoisotopic (exact) mass is 261 g/mol. The molecule has 0 spiro atoms. The molecule has 1 aromatic heterocycles. The summed E-state index contributed by atoms with van der Waals surface area (Å²) in [6.07, 6.45) is 2.99. The van der Waals surface area contributed by atoms with Crippen LogP contribution in [0.2, 0.25) is 0 Å². The number of nitrogens with two attached hydrogens (primary N) is 1. The standard InChI is InChI=1S/C14H19N3O2/c1-19-12-5-2-4-11-14(12)10(9-17-11)8-13(18)16-7-3-6-15/h2,4-5,9,17H,3,6-8,15H2,1H3,(H,16,18). The summed E-state index contributed by atoms with van der Waals surface area (Å²) >= 11 is 0. The highest BCUT2D eigenvalue weighted by Crippen LogP contribution is 2.28. The number of hydrogen-bond donors (Lipinski definition) is 3. The fourth-order valence-electron chi connectivity index (χ4n) is 2.09. The van der Waals surface area contributed by atoms with Crippen molar-refractivity contribution in [3.8, 4) is 5.75 Å². The highest BCUT2D eigenvalue weighted by molar-refractivity contribution is 5.93. The third-order valence-electron chi connectivity index (χ3n) is 3.02. The smallest absolute Gasteiger partial charge is 0.224 e. The minimum absolute atomic E-state index is 0.000237. The second kappa shape index (κ2) is 6.24. The number of carbonyl (C=O) groups is 1. The molecular formula is C14H19N3O2. The summed E-state index contributed by atoms with van der Waals surface area (Å²) in [7, 11) is 1.63. The van der Waals surface area contributed by atoms with Crippen molar-refractivity contribution in [3.05, 3.63) is 30.0 Å². The van der Waals surface area contributed by atoms with Crippen LogP contribution < -0.4 is 15.8 Å². The summed E-state index contributed by atoms with van der Waals surface area (Å²) in [6, 6.07) is 5.78. The molecule has 0 saturated carbocycles. The Bertz CT molecular complexity index is 563. The molecule has 0 aliphatic heterocycles. The number of aromatic nitrogens is 1. The Kier molecular flexibility index (Phi) is 4.41. The van der Waals surface area contributed by atoms with E-state index >= 15 is 0 Å². The van der Waals surface area contributed by atoms with Crippen LogP contribution in [0.15, 0.2) is 24.4 Å². The second-order valence-electron chi connectivity index (χ2n) is 4.37. The maximum absolute atomic E-state index is 11.8. The Hall–Kier alpha value is -2.01. The topological polar surface area (TPSA) is 80.1 Å². The molecule has 1 heterocycles. The zero-order chi connectivity index (χ0) is 13.7. The number of hydrogen-bond acceptors (Lipinski definition) is 3. The minimum atomic E-state index is 0.000237. The quantitative estimate of drug-likeness (QED) is 0.683. The van der Waals surface area contributed by atoms with Gasteiger partial charge < -0.3 is 20.8 Å². The van der Waals surface area contributed by atoms with Crippen molar-refractivity contribution in [3.63, 3.8) is 0 Å². The Morgan fingerprint density at radius 1 is 1.47 bits per heavy atom. The van der Waals surface area contributed by atoms with Crippen molar-refractivity contribution in [2.75, 3.05) is 20.2 Å². The van der Waals surface area contributed by atoms with Crippen LogP contribution in [-0.2, 0) is 11.2 Å². The summed E-state index contributed by atoms with van der Waals surface area (Å²) < 4.78 is 5.34. The molecule has 19 heavy (non-hydrogen) atoms. The fraction of sp³-hybridized carbons (Fsp3) is 0.357. The Morgan fingerprint density at radius 2 is 2.32 bits per heavy atom. The van der Waals surface area contributed by atoms with Crippen LogP contribution in [0.4, 0.5) is 0 Å². The van der Waals surface area contributed by atoms with E-state index in [9.17, 15) is 4.79 Å². The molecule has 0 atom stereocenters. The van der Waals surface area contributed by atoms with Gasteiger partial charge in [0.2, 0.25) is 5.91 Å². The lowest BCUT2D eigenvalue weighted by atomic mass is 10.1. The van der Waals surface area contributed by atoms with Gasteiger partial charge >= 0.3 is 0 Å². The van der Waals surface area contributed by atoms with Crippen LogP contribution >= 0.6 is 0 Å². The van der Waals surface area contributed by atoms with E-state index in [-0.39, 0.29) is 5.91 Å². The van der Waals surface area contributed by atoms with Crippen molar-refractivity contribution in [1.82, 2.24) is 10.3 Å². The van der Waals surface area contributed by atoms with Gasteiger partial charge in [-0.25, -0.2) is 0 Å². The number of amides is 1. The fourth-order valence-corrected chi connectivity index (χ4v) is 2.09. The predicted octanol–water partition coefficient (Wildman–Crippen LogP) is 1.18. The van der Waals surface area contributed by atoms with Gasteiger partial charge in [0.25, 0.3) is 0 Å². The summed E-state index contributed by atoms with van der Waals surface area (Å²) in [4.78, 5) is 15.0. The van der Waals surface area contributed by atoms with E-state index in [0.717, 1.165) is 28.6 Å². The normalized spacial score (nSPS) is 10.6. The van der Waals surface area contributed by atoms with Gasteiger partial charge in [0, 0.05) is 23.6 Å². The van der Waals surface area contributed by atoms with E-state index in [0.29, 0.717) is 19.5 Å². The first kappa shape index (κ1) is 13.4. The molecule has 1 aromatic carbocycles. The van der Waals surface area contributed by atoms with Gasteiger partial charge in [-0.3, -0.25) is 4.79 Å². The minimum Gasteiger partial charge on any atom is -0.496 e. The number of benzene rings is 1. The molecule has 1 amide bonds. The van der Waals surface area contributed by atoms with Crippen molar-refractivity contribution in [2.45, 2.75) is 12.8 Å². The lowest BCUT2D eigenvalue weighted by molar-refractivity contribution is -0.120. The summed E-state index contributed by atoms with van der Waals surface area (Å²) in [5.41, 5.74) is 7.31. The Balaban J connectivity index is 2.14. The average molecular weight is 261 g/mol. The van der Waals surface area contributed by atoms with Crippen molar-refractivity contribution >= 4 is 16.8 Å². The first-order valence-corrected chi connectivity index (χ1v) is 6.36. The van der Waals surface area contributed by atoms with Crippen LogP contribution in [0.3, 0.4) is 0 Å². The molecule has 0 aliphatic carbocycles. The van der Waals surface area contributed by atoms with Crippen molar-refractivity contribution in [1.29, 1.82) is 0 Å². The van der Waals surface area contributed by atoms with Crippen molar-refractivity contribution < 1.29 is 9.53 Å². The van der Waals surface area contributed by atoms with Gasteiger partial charge in [0.1, 0.15) is 5.75 Å². The molecule has 2 aromatic rings. The maximum Gasteiger partial charge on any atom is 0.224 e. The van der Waals surface area contributed by atoms with Gasteiger partial charge in [0.15, 0.2) is 0 Å². The van der Waals surface area contributed by atoms with E-state index in [1.54, 1.807) is 7.11 Å². The summed E-state index contributed by atoms with van der Waals surface area (Å²) in [6.45, 7) is 1.20. The molecule has 0 radical (unpaired) electrons. The lowest BCUT2D eigenvalue weighted by Crippen LogP contribution is -2.27. The molecule has 5 heteroatoms. The van der Waals surface area contributed by atoms with Crippen LogP contribution in [0.1, 0.15) is 12.0 Å². The van der Waals surface area contributed by atoms with Crippen LogP contribution in [0.5, 0.6) is 5.75 Å². The molecule has 102 valence electrons. The molecule has 0 bridgehead atoms. The third kappa shape index (κ3) is 3.06. The largest absolute Gasteiger partial charge is 0.496 e. The van der Waals surface area contributed by atoms with Gasteiger partial charge in [-0.2, -0.15) is 0 Å². The Labute approximate surface area is 112 Å². The molecule has 0 unspecified atom stereocenters. The number of ether oxygens (including phenoxy) is 1. The first-order chi connectivity index (χ1) is 9.26.